The molecule has 4 nitrogen and oxygen atoms in total. The van der Waals surface area contributed by atoms with Crippen molar-refractivity contribution in [3.8, 4) is 6.07 Å². The van der Waals surface area contributed by atoms with Crippen LogP contribution in [0.2, 0.25) is 0 Å². The van der Waals surface area contributed by atoms with E-state index >= 15 is 0 Å². The molecule has 0 amide bonds. The Morgan fingerprint density at radius 2 is 1.56 bits per heavy atom. The number of methoxy groups -OCH3 is 1. The van der Waals surface area contributed by atoms with Crippen LogP contribution in [0.5, 0.6) is 0 Å². The molecular formula is C20H21NO3S. The predicted octanol–water partition coefficient (Wildman–Crippen LogP) is 3.40. The molecule has 0 bridgehead atoms. The highest BCUT2D eigenvalue weighted by atomic mass is 32.2. The minimum absolute atomic E-state index is 0.0950. The first-order valence-electron chi connectivity index (χ1n) is 8.14. The van der Waals surface area contributed by atoms with Crippen molar-refractivity contribution < 1.29 is 13.2 Å². The van der Waals surface area contributed by atoms with Gasteiger partial charge in [0.2, 0.25) is 0 Å². The highest BCUT2D eigenvalue weighted by Gasteiger charge is 2.72. The predicted molar refractivity (Wildman–Crippen MR) is 96.0 cm³/mol. The molecule has 3 rings (SSSR count). The molecule has 1 aliphatic carbocycles. The van der Waals surface area contributed by atoms with Crippen LogP contribution in [0.1, 0.15) is 22.6 Å². The first kappa shape index (κ1) is 17.7. The quantitative estimate of drug-likeness (QED) is 0.824. The van der Waals surface area contributed by atoms with E-state index in [1.165, 1.54) is 7.11 Å². The van der Waals surface area contributed by atoms with Gasteiger partial charge in [0.25, 0.3) is 0 Å². The molecule has 0 N–H and O–H groups in total. The number of nitrogens with zero attached hydrogens (tertiary/aromatic N) is 1. The minimum atomic E-state index is -3.63. The zero-order chi connectivity index (χ0) is 18.2. The maximum atomic E-state index is 13.2. The number of hydrogen-bond donors (Lipinski definition) is 0. The highest BCUT2D eigenvalue weighted by Crippen LogP contribution is 2.63. The summed E-state index contributed by atoms with van der Waals surface area (Å²) in [6, 6.07) is 16.7. The summed E-state index contributed by atoms with van der Waals surface area (Å²) < 4.78 is 31.6. The average molecular weight is 355 g/mol. The Labute approximate surface area is 149 Å². The van der Waals surface area contributed by atoms with Gasteiger partial charge in [-0.15, -0.1) is 0 Å². The molecule has 130 valence electrons. The van der Waals surface area contributed by atoms with Gasteiger partial charge in [0.15, 0.2) is 9.84 Å². The molecule has 1 aliphatic rings. The summed E-state index contributed by atoms with van der Waals surface area (Å²) >= 11 is 0. The zero-order valence-electron chi connectivity index (χ0n) is 14.6. The Morgan fingerprint density at radius 1 is 1.04 bits per heavy atom. The normalized spacial score (nSPS) is 25.4. The van der Waals surface area contributed by atoms with Crippen LogP contribution < -0.4 is 0 Å². The molecule has 2 aromatic carbocycles. The number of rotatable bonds is 5. The molecule has 1 fully saturated rings. The van der Waals surface area contributed by atoms with E-state index in [-0.39, 0.29) is 17.4 Å². The van der Waals surface area contributed by atoms with Crippen molar-refractivity contribution in [2.45, 2.75) is 29.9 Å². The molecule has 25 heavy (non-hydrogen) atoms. The second kappa shape index (κ2) is 6.29. The summed E-state index contributed by atoms with van der Waals surface area (Å²) in [5.41, 5.74) is 1.91. The van der Waals surface area contributed by atoms with Crippen molar-refractivity contribution in [3.05, 3.63) is 65.2 Å². The molecule has 0 saturated heterocycles. The van der Waals surface area contributed by atoms with Crippen molar-refractivity contribution >= 4 is 9.84 Å². The van der Waals surface area contributed by atoms with Crippen molar-refractivity contribution in [2.75, 3.05) is 13.7 Å². The molecule has 0 aliphatic heterocycles. The fourth-order valence-corrected chi connectivity index (χ4v) is 5.87. The van der Waals surface area contributed by atoms with E-state index in [9.17, 15) is 13.7 Å². The van der Waals surface area contributed by atoms with Crippen molar-refractivity contribution in [1.82, 2.24) is 0 Å². The summed E-state index contributed by atoms with van der Waals surface area (Å²) in [5.74, 6) is -0.385. The lowest BCUT2D eigenvalue weighted by atomic mass is 10.0. The third-order valence-electron chi connectivity index (χ3n) is 4.97. The van der Waals surface area contributed by atoms with Crippen molar-refractivity contribution in [3.63, 3.8) is 0 Å². The summed E-state index contributed by atoms with van der Waals surface area (Å²) in [5, 5.41) is 9.01. The molecule has 5 heteroatoms. The zero-order valence-corrected chi connectivity index (χ0v) is 15.4. The number of nitriles is 1. The van der Waals surface area contributed by atoms with Crippen LogP contribution in [-0.2, 0) is 14.6 Å². The van der Waals surface area contributed by atoms with Crippen molar-refractivity contribution in [2.24, 2.45) is 5.41 Å². The van der Waals surface area contributed by atoms with Gasteiger partial charge in [-0.25, -0.2) is 8.42 Å². The van der Waals surface area contributed by atoms with Gasteiger partial charge in [0.1, 0.15) is 5.41 Å². The monoisotopic (exact) mass is 355 g/mol. The Balaban J connectivity index is 2.07. The largest absolute Gasteiger partial charge is 0.383 e. The lowest BCUT2D eigenvalue weighted by molar-refractivity contribution is 0.162. The third-order valence-corrected chi connectivity index (χ3v) is 7.26. The second-order valence-electron chi connectivity index (χ2n) is 6.75. The summed E-state index contributed by atoms with van der Waals surface area (Å²) in [4.78, 5) is 0.258. The Kier molecular flexibility index (Phi) is 4.44. The molecule has 0 aromatic heterocycles. The van der Waals surface area contributed by atoms with Gasteiger partial charge in [-0.3, -0.25) is 0 Å². The Morgan fingerprint density at radius 3 is 2.04 bits per heavy atom. The molecule has 3 atom stereocenters. The SMILES string of the molecule is COC[C@]1(C#N)[C@H](c2ccc(C)cc2)[C@@H]1S(=O)(=O)c1ccc(C)cc1. The fraction of sp³-hybridized carbons (Fsp3) is 0.350. The van der Waals surface area contributed by atoms with Gasteiger partial charge in [0.05, 0.1) is 22.8 Å². The van der Waals surface area contributed by atoms with Crippen molar-refractivity contribution in [1.29, 1.82) is 5.26 Å². The van der Waals surface area contributed by atoms with Crippen LogP contribution in [0.25, 0.3) is 0 Å². The summed E-state index contributed by atoms with van der Waals surface area (Å²) in [6.45, 7) is 3.98. The number of aryl methyl sites for hydroxylation is 2. The smallest absolute Gasteiger partial charge is 0.183 e. The Bertz CT molecular complexity index is 911. The van der Waals surface area contributed by atoms with Gasteiger partial charge in [-0.2, -0.15) is 5.26 Å². The van der Waals surface area contributed by atoms with Crippen LogP contribution in [0, 0.1) is 30.6 Å². The molecule has 0 heterocycles. The van der Waals surface area contributed by atoms with Crippen LogP contribution in [-0.4, -0.2) is 27.4 Å². The van der Waals surface area contributed by atoms with E-state index in [4.69, 9.17) is 4.74 Å². The number of ether oxygens (including phenoxy) is 1. The first-order chi connectivity index (χ1) is 11.9. The second-order valence-corrected chi connectivity index (χ2v) is 8.82. The fourth-order valence-electron chi connectivity index (χ4n) is 3.56. The molecule has 1 saturated carbocycles. The minimum Gasteiger partial charge on any atom is -0.383 e. The Hall–Kier alpha value is -2.16. The summed E-state index contributed by atoms with van der Waals surface area (Å²) in [6.07, 6.45) is 0. The molecule has 2 aromatic rings. The van der Waals surface area contributed by atoms with Crippen LogP contribution in [0.4, 0.5) is 0 Å². The number of sulfone groups is 1. The van der Waals surface area contributed by atoms with Crippen LogP contribution in [0.15, 0.2) is 53.4 Å². The van der Waals surface area contributed by atoms with Gasteiger partial charge < -0.3 is 4.74 Å². The van der Waals surface area contributed by atoms with Gasteiger partial charge >= 0.3 is 0 Å². The van der Waals surface area contributed by atoms with E-state index < -0.39 is 20.5 Å². The average Bonchev–Trinajstić information content (AvgIpc) is 3.26. The van der Waals surface area contributed by atoms with Crippen LogP contribution in [0.3, 0.4) is 0 Å². The summed E-state index contributed by atoms with van der Waals surface area (Å²) in [7, 11) is -2.14. The van der Waals surface area contributed by atoms with E-state index in [0.717, 1.165) is 16.7 Å². The van der Waals surface area contributed by atoms with Crippen LogP contribution >= 0.6 is 0 Å². The van der Waals surface area contributed by atoms with Gasteiger partial charge in [0, 0.05) is 13.0 Å². The first-order valence-corrected chi connectivity index (χ1v) is 9.69. The van der Waals surface area contributed by atoms with E-state index in [2.05, 4.69) is 6.07 Å². The molecule has 0 spiro atoms. The van der Waals surface area contributed by atoms with E-state index in [0.29, 0.717) is 0 Å². The topological polar surface area (TPSA) is 67.2 Å². The molecule has 0 radical (unpaired) electrons. The number of benzene rings is 2. The molecule has 0 unspecified atom stereocenters. The molecular weight excluding hydrogens is 334 g/mol. The third kappa shape index (κ3) is 2.86. The highest BCUT2D eigenvalue weighted by molar-refractivity contribution is 7.92. The lowest BCUT2D eigenvalue weighted by Gasteiger charge is -2.08. The van der Waals surface area contributed by atoms with Gasteiger partial charge in [-0.1, -0.05) is 47.5 Å². The van der Waals surface area contributed by atoms with E-state index in [1.807, 2.05) is 38.1 Å². The standard InChI is InChI=1S/C20H21NO3S/c1-14-4-8-16(9-5-14)18-19(20(18,12-21)13-24-3)25(22,23)17-10-6-15(2)7-11-17/h4-11,18-19H,13H2,1-3H3/t18-,19+,20-/m1/s1. The maximum absolute atomic E-state index is 13.2. The number of hydrogen-bond acceptors (Lipinski definition) is 4. The van der Waals surface area contributed by atoms with E-state index in [1.54, 1.807) is 24.3 Å². The lowest BCUT2D eigenvalue weighted by Crippen LogP contribution is -2.19. The van der Waals surface area contributed by atoms with Gasteiger partial charge in [-0.05, 0) is 31.5 Å². The maximum Gasteiger partial charge on any atom is 0.183 e.